The largest absolute Gasteiger partial charge is 0.382 e. The van der Waals surface area contributed by atoms with Gasteiger partial charge >= 0.3 is 0 Å². The molecule has 1 aromatic carbocycles. The number of fused-ring (bicyclic) bond motifs is 1. The monoisotopic (exact) mass is 480 g/mol. The van der Waals surface area contributed by atoms with Gasteiger partial charge in [0.25, 0.3) is 5.91 Å². The lowest BCUT2D eigenvalue weighted by Crippen LogP contribution is -2.54. The number of halogens is 1. The highest BCUT2D eigenvalue weighted by atomic mass is 79.9. The van der Waals surface area contributed by atoms with Crippen molar-refractivity contribution < 1.29 is 14.3 Å². The topological polar surface area (TPSA) is 58.6 Å². The van der Waals surface area contributed by atoms with Crippen LogP contribution in [0, 0.1) is 0 Å². The molecule has 2 atom stereocenters. The van der Waals surface area contributed by atoms with E-state index in [0.717, 1.165) is 40.6 Å². The number of hydrogen-bond acceptors (Lipinski definition) is 4. The number of rotatable bonds is 8. The van der Waals surface area contributed by atoms with Gasteiger partial charge < -0.3 is 15.0 Å². The smallest absolute Gasteiger partial charge is 0.261 e. The molecular weight excluding hydrogens is 452 g/mol. The van der Waals surface area contributed by atoms with Gasteiger partial charge in [-0.1, -0.05) is 40.9 Å². The molecule has 2 fully saturated rings. The number of carbonyl (C=O) groups is 2. The minimum absolute atomic E-state index is 0.0254. The lowest BCUT2D eigenvalue weighted by molar-refractivity contribution is -0.135. The van der Waals surface area contributed by atoms with Crippen molar-refractivity contribution >= 4 is 45.6 Å². The fourth-order valence-electron chi connectivity index (χ4n) is 3.87. The SMILES string of the molecule is CCOCCCNC(=O)CN1C(=O)/C(=C\c2cccc(Br)c2)SC2CCCCC21. The summed E-state index contributed by atoms with van der Waals surface area (Å²) >= 11 is 5.18. The Morgan fingerprint density at radius 2 is 2.21 bits per heavy atom. The van der Waals surface area contributed by atoms with Crippen LogP contribution in [0.3, 0.4) is 0 Å². The molecule has 2 unspecified atom stereocenters. The van der Waals surface area contributed by atoms with Crippen LogP contribution in [-0.2, 0) is 14.3 Å². The average Bonchev–Trinajstić information content (AvgIpc) is 2.71. The maximum atomic E-state index is 13.2. The molecule has 158 valence electrons. The predicted molar refractivity (Wildman–Crippen MR) is 122 cm³/mol. The van der Waals surface area contributed by atoms with Crippen molar-refractivity contribution in [3.8, 4) is 0 Å². The summed E-state index contributed by atoms with van der Waals surface area (Å²) in [5.41, 5.74) is 0.991. The van der Waals surface area contributed by atoms with Gasteiger partial charge in [-0.15, -0.1) is 11.8 Å². The molecule has 2 amide bonds. The van der Waals surface area contributed by atoms with E-state index in [2.05, 4.69) is 21.2 Å². The highest BCUT2D eigenvalue weighted by Crippen LogP contribution is 2.42. The van der Waals surface area contributed by atoms with Crippen molar-refractivity contribution in [1.29, 1.82) is 0 Å². The number of nitrogens with zero attached hydrogens (tertiary/aromatic N) is 1. The molecule has 3 rings (SSSR count). The van der Waals surface area contributed by atoms with Gasteiger partial charge in [0.15, 0.2) is 0 Å². The summed E-state index contributed by atoms with van der Waals surface area (Å²) in [6.07, 6.45) is 7.10. The minimum Gasteiger partial charge on any atom is -0.382 e. The summed E-state index contributed by atoms with van der Waals surface area (Å²) in [6.45, 7) is 3.98. The number of thioether (sulfide) groups is 1. The second kappa shape index (κ2) is 11.2. The van der Waals surface area contributed by atoms with Crippen LogP contribution in [0.25, 0.3) is 6.08 Å². The molecule has 0 radical (unpaired) electrons. The highest BCUT2D eigenvalue weighted by molar-refractivity contribution is 9.10. The molecular formula is C22H29BrN2O3S. The van der Waals surface area contributed by atoms with Crippen LogP contribution in [0.1, 0.15) is 44.6 Å². The summed E-state index contributed by atoms with van der Waals surface area (Å²) < 4.78 is 6.29. The van der Waals surface area contributed by atoms with Crippen LogP contribution in [0.4, 0.5) is 0 Å². The molecule has 7 heteroatoms. The third-order valence-corrected chi connectivity index (χ3v) is 7.16. The summed E-state index contributed by atoms with van der Waals surface area (Å²) in [5.74, 6) is -0.115. The Balaban J connectivity index is 1.69. The molecule has 1 saturated heterocycles. The standard InChI is InChI=1S/C22H29BrN2O3S/c1-2-28-12-6-11-24-21(26)15-25-18-9-3-4-10-19(18)29-20(22(25)27)14-16-7-5-8-17(23)13-16/h5,7-8,13-14,18-19H,2-4,6,9-12,15H2,1H3,(H,24,26)/b20-14+. The number of amides is 2. The molecule has 0 spiro atoms. The summed E-state index contributed by atoms with van der Waals surface area (Å²) in [6, 6.07) is 8.08. The van der Waals surface area contributed by atoms with E-state index in [-0.39, 0.29) is 24.4 Å². The van der Waals surface area contributed by atoms with Gasteiger partial charge in [0, 0.05) is 35.5 Å². The Hall–Kier alpha value is -1.31. The second-order valence-corrected chi connectivity index (χ2v) is 9.60. The first-order valence-electron chi connectivity index (χ1n) is 10.4. The number of nitrogens with one attached hydrogen (secondary N) is 1. The molecule has 2 aliphatic rings. The molecule has 29 heavy (non-hydrogen) atoms. The van der Waals surface area contributed by atoms with Gasteiger partial charge in [-0.25, -0.2) is 0 Å². The molecule has 1 heterocycles. The molecule has 0 aromatic heterocycles. The Morgan fingerprint density at radius 3 is 3.00 bits per heavy atom. The first kappa shape index (κ1) is 22.4. The number of benzene rings is 1. The van der Waals surface area contributed by atoms with Crippen LogP contribution in [0.5, 0.6) is 0 Å². The van der Waals surface area contributed by atoms with Crippen LogP contribution in [-0.4, -0.2) is 54.3 Å². The Bertz CT molecular complexity index is 755. The first-order valence-corrected chi connectivity index (χ1v) is 12.0. The second-order valence-electron chi connectivity index (χ2n) is 7.41. The third kappa shape index (κ3) is 6.33. The van der Waals surface area contributed by atoms with Gasteiger partial charge in [-0.2, -0.15) is 0 Å². The van der Waals surface area contributed by atoms with Gasteiger partial charge in [-0.3, -0.25) is 9.59 Å². The number of carbonyl (C=O) groups excluding carboxylic acids is 2. The van der Waals surface area contributed by atoms with Crippen molar-refractivity contribution in [3.05, 3.63) is 39.2 Å². The Kier molecular flexibility index (Phi) is 8.63. The predicted octanol–water partition coefficient (Wildman–Crippen LogP) is 4.22. The number of hydrogen-bond donors (Lipinski definition) is 1. The van der Waals surface area contributed by atoms with Gasteiger partial charge in [0.05, 0.1) is 4.91 Å². The van der Waals surface area contributed by atoms with Crippen LogP contribution >= 0.6 is 27.7 Å². The maximum Gasteiger partial charge on any atom is 0.261 e. The van der Waals surface area contributed by atoms with E-state index in [9.17, 15) is 9.59 Å². The van der Waals surface area contributed by atoms with E-state index in [0.29, 0.717) is 25.0 Å². The molecule has 1 aliphatic carbocycles. The molecule has 0 bridgehead atoms. The van der Waals surface area contributed by atoms with Crippen molar-refractivity contribution in [3.63, 3.8) is 0 Å². The molecule has 1 aromatic rings. The summed E-state index contributed by atoms with van der Waals surface area (Å²) in [5, 5.41) is 3.30. The van der Waals surface area contributed by atoms with E-state index in [1.165, 1.54) is 6.42 Å². The third-order valence-electron chi connectivity index (χ3n) is 5.27. The summed E-state index contributed by atoms with van der Waals surface area (Å²) in [7, 11) is 0. The first-order chi connectivity index (χ1) is 14.1. The Morgan fingerprint density at radius 1 is 1.38 bits per heavy atom. The average molecular weight is 481 g/mol. The summed E-state index contributed by atoms with van der Waals surface area (Å²) in [4.78, 5) is 28.3. The molecule has 5 nitrogen and oxygen atoms in total. The van der Waals surface area contributed by atoms with Crippen LogP contribution in [0.15, 0.2) is 33.6 Å². The van der Waals surface area contributed by atoms with Crippen LogP contribution in [0.2, 0.25) is 0 Å². The fourth-order valence-corrected chi connectivity index (χ4v) is 5.76. The van der Waals surface area contributed by atoms with Crippen molar-refractivity contribution in [2.24, 2.45) is 0 Å². The molecule has 1 aliphatic heterocycles. The quantitative estimate of drug-likeness (QED) is 0.446. The lowest BCUT2D eigenvalue weighted by Gasteiger charge is -2.43. The van der Waals surface area contributed by atoms with Gasteiger partial charge in [0.2, 0.25) is 5.91 Å². The maximum absolute atomic E-state index is 13.2. The minimum atomic E-state index is -0.0899. The zero-order chi connectivity index (χ0) is 20.6. The van der Waals surface area contributed by atoms with E-state index in [1.54, 1.807) is 11.8 Å². The van der Waals surface area contributed by atoms with E-state index in [1.807, 2.05) is 42.2 Å². The van der Waals surface area contributed by atoms with E-state index < -0.39 is 0 Å². The van der Waals surface area contributed by atoms with Crippen LogP contribution < -0.4 is 5.32 Å². The van der Waals surface area contributed by atoms with Gasteiger partial charge in [-0.05, 0) is 50.0 Å². The zero-order valence-electron chi connectivity index (χ0n) is 16.9. The molecule has 1 N–H and O–H groups in total. The molecule has 1 saturated carbocycles. The normalized spacial score (nSPS) is 23.2. The van der Waals surface area contributed by atoms with Crippen molar-refractivity contribution in [1.82, 2.24) is 10.2 Å². The van der Waals surface area contributed by atoms with E-state index >= 15 is 0 Å². The van der Waals surface area contributed by atoms with Crippen molar-refractivity contribution in [2.75, 3.05) is 26.3 Å². The van der Waals surface area contributed by atoms with Gasteiger partial charge in [0.1, 0.15) is 6.54 Å². The zero-order valence-corrected chi connectivity index (χ0v) is 19.3. The Labute approximate surface area is 185 Å². The fraction of sp³-hybridized carbons (Fsp3) is 0.545. The van der Waals surface area contributed by atoms with Crippen molar-refractivity contribution in [2.45, 2.75) is 50.3 Å². The lowest BCUT2D eigenvalue weighted by atomic mass is 9.93. The highest BCUT2D eigenvalue weighted by Gasteiger charge is 2.41. The van der Waals surface area contributed by atoms with E-state index in [4.69, 9.17) is 4.74 Å². The number of ether oxygens (including phenoxy) is 1.